The van der Waals surface area contributed by atoms with E-state index >= 15 is 0 Å². The van der Waals surface area contributed by atoms with Gasteiger partial charge in [0, 0.05) is 11.6 Å². The van der Waals surface area contributed by atoms with Crippen molar-refractivity contribution in [2.75, 3.05) is 30.7 Å². The van der Waals surface area contributed by atoms with E-state index < -0.39 is 10.0 Å². The third-order valence-electron chi connectivity index (χ3n) is 5.32. The van der Waals surface area contributed by atoms with Crippen LogP contribution in [-0.2, 0) is 16.6 Å². The molecule has 3 rings (SSSR count). The van der Waals surface area contributed by atoms with E-state index in [2.05, 4.69) is 17.3 Å². The summed E-state index contributed by atoms with van der Waals surface area (Å²) in [6, 6.07) is 14.7. The molecule has 156 valence electrons. The number of amides is 1. The number of anilines is 1. The molecule has 1 aliphatic heterocycles. The van der Waals surface area contributed by atoms with Crippen LogP contribution >= 0.6 is 0 Å². The quantitative estimate of drug-likeness (QED) is 0.788. The molecular formula is C22H29N3O3S. The molecule has 1 aliphatic rings. The third kappa shape index (κ3) is 5.81. The fraction of sp³-hybridized carbons (Fsp3) is 0.409. The van der Waals surface area contributed by atoms with Crippen LogP contribution < -0.4 is 9.62 Å². The molecule has 0 bridgehead atoms. The molecule has 6 nitrogen and oxygen atoms in total. The number of hydrogen-bond donors (Lipinski definition) is 1. The Labute approximate surface area is 173 Å². The number of aryl methyl sites for hydroxylation is 1. The van der Waals surface area contributed by atoms with Gasteiger partial charge in [-0.1, -0.05) is 29.8 Å². The molecule has 0 aliphatic carbocycles. The van der Waals surface area contributed by atoms with Gasteiger partial charge in [-0.2, -0.15) is 0 Å². The molecule has 2 aromatic rings. The SMILES string of the molecule is Cc1ccc(CN(c2ccc(C(=O)NC3CCN(C)CC3)cc2)S(C)(=O)=O)cc1. The fourth-order valence-corrected chi connectivity index (χ4v) is 4.35. The lowest BCUT2D eigenvalue weighted by Gasteiger charge is -2.29. The summed E-state index contributed by atoms with van der Waals surface area (Å²) in [6.45, 7) is 4.20. The average Bonchev–Trinajstić information content (AvgIpc) is 2.68. The first-order chi connectivity index (χ1) is 13.7. The zero-order chi connectivity index (χ0) is 21.0. The molecule has 1 N–H and O–H groups in total. The molecule has 2 aromatic carbocycles. The number of benzene rings is 2. The van der Waals surface area contributed by atoms with Crippen molar-refractivity contribution < 1.29 is 13.2 Å². The van der Waals surface area contributed by atoms with Crippen molar-refractivity contribution in [3.63, 3.8) is 0 Å². The Morgan fingerprint density at radius 3 is 2.21 bits per heavy atom. The maximum absolute atomic E-state index is 12.5. The first kappa shape index (κ1) is 21.3. The van der Waals surface area contributed by atoms with Gasteiger partial charge in [0.15, 0.2) is 0 Å². The van der Waals surface area contributed by atoms with Crippen molar-refractivity contribution in [2.45, 2.75) is 32.4 Å². The first-order valence-corrected chi connectivity index (χ1v) is 11.7. The summed E-state index contributed by atoms with van der Waals surface area (Å²) in [5, 5.41) is 3.08. The largest absolute Gasteiger partial charge is 0.349 e. The minimum atomic E-state index is -3.46. The number of carbonyl (C=O) groups is 1. The van der Waals surface area contributed by atoms with Gasteiger partial charge >= 0.3 is 0 Å². The Morgan fingerprint density at radius 2 is 1.66 bits per heavy atom. The minimum absolute atomic E-state index is 0.115. The Bertz CT molecular complexity index is 932. The number of piperidine rings is 1. The lowest BCUT2D eigenvalue weighted by Crippen LogP contribution is -2.43. The third-order valence-corrected chi connectivity index (χ3v) is 6.46. The summed E-state index contributed by atoms with van der Waals surface area (Å²) < 4.78 is 26.1. The van der Waals surface area contributed by atoms with Crippen LogP contribution in [0, 0.1) is 6.92 Å². The molecule has 29 heavy (non-hydrogen) atoms. The van der Waals surface area contributed by atoms with Gasteiger partial charge < -0.3 is 10.2 Å². The highest BCUT2D eigenvalue weighted by atomic mass is 32.2. The molecule has 0 radical (unpaired) electrons. The van der Waals surface area contributed by atoms with Crippen LogP contribution in [0.3, 0.4) is 0 Å². The van der Waals surface area contributed by atoms with E-state index in [1.807, 2.05) is 31.2 Å². The number of nitrogens with zero attached hydrogens (tertiary/aromatic N) is 2. The summed E-state index contributed by atoms with van der Waals surface area (Å²) in [4.78, 5) is 14.8. The van der Waals surface area contributed by atoms with Crippen LogP contribution in [0.2, 0.25) is 0 Å². The molecule has 1 saturated heterocycles. The Kier molecular flexibility index (Phi) is 6.59. The number of nitrogens with one attached hydrogen (secondary N) is 1. The number of sulfonamides is 1. The van der Waals surface area contributed by atoms with Crippen LogP contribution in [0.15, 0.2) is 48.5 Å². The number of hydrogen-bond acceptors (Lipinski definition) is 4. The van der Waals surface area contributed by atoms with Gasteiger partial charge in [0.2, 0.25) is 10.0 Å². The second-order valence-electron chi connectivity index (χ2n) is 7.85. The summed E-state index contributed by atoms with van der Waals surface area (Å²) in [6.07, 6.45) is 3.08. The lowest BCUT2D eigenvalue weighted by molar-refractivity contribution is 0.0917. The minimum Gasteiger partial charge on any atom is -0.349 e. The first-order valence-electron chi connectivity index (χ1n) is 9.85. The topological polar surface area (TPSA) is 69.7 Å². The van der Waals surface area contributed by atoms with Gasteiger partial charge in [-0.25, -0.2) is 8.42 Å². The molecule has 0 atom stereocenters. The van der Waals surface area contributed by atoms with Crippen LogP contribution in [0.5, 0.6) is 0 Å². The van der Waals surface area contributed by atoms with E-state index in [1.54, 1.807) is 24.3 Å². The van der Waals surface area contributed by atoms with E-state index in [-0.39, 0.29) is 18.5 Å². The van der Waals surface area contributed by atoms with Gasteiger partial charge in [0.05, 0.1) is 18.5 Å². The van der Waals surface area contributed by atoms with Crippen molar-refractivity contribution in [2.24, 2.45) is 0 Å². The summed E-state index contributed by atoms with van der Waals surface area (Å²) in [7, 11) is -1.37. The maximum Gasteiger partial charge on any atom is 0.251 e. The summed E-state index contributed by atoms with van der Waals surface area (Å²) in [5.41, 5.74) is 3.12. The van der Waals surface area contributed by atoms with Gasteiger partial charge in [-0.3, -0.25) is 9.10 Å². The van der Waals surface area contributed by atoms with Gasteiger partial charge in [-0.15, -0.1) is 0 Å². The maximum atomic E-state index is 12.5. The molecule has 1 amide bonds. The van der Waals surface area contributed by atoms with Crippen LogP contribution in [-0.4, -0.2) is 51.7 Å². The molecule has 0 saturated carbocycles. The highest BCUT2D eigenvalue weighted by Crippen LogP contribution is 2.22. The molecular weight excluding hydrogens is 386 g/mol. The normalized spacial score (nSPS) is 15.8. The second-order valence-corrected chi connectivity index (χ2v) is 9.76. The summed E-state index contributed by atoms with van der Waals surface area (Å²) in [5.74, 6) is -0.115. The summed E-state index contributed by atoms with van der Waals surface area (Å²) >= 11 is 0. The van der Waals surface area contributed by atoms with Gasteiger partial charge in [0.1, 0.15) is 0 Å². The average molecular weight is 416 g/mol. The predicted octanol–water partition coefficient (Wildman–Crippen LogP) is 2.79. The smallest absolute Gasteiger partial charge is 0.251 e. The van der Waals surface area contributed by atoms with Gasteiger partial charge in [-0.05, 0) is 69.7 Å². The van der Waals surface area contributed by atoms with Crippen LogP contribution in [0.25, 0.3) is 0 Å². The van der Waals surface area contributed by atoms with Crippen molar-refractivity contribution in [3.8, 4) is 0 Å². The standard InChI is InChI=1S/C22H29N3O3S/c1-17-4-6-18(7-5-17)16-25(29(3,27)28)21-10-8-19(9-11-21)22(26)23-20-12-14-24(2)15-13-20/h4-11,20H,12-16H2,1-3H3,(H,23,26). The van der Waals surface area contributed by atoms with E-state index in [9.17, 15) is 13.2 Å². The predicted molar refractivity (Wildman–Crippen MR) is 117 cm³/mol. The van der Waals surface area contributed by atoms with Crippen LogP contribution in [0.4, 0.5) is 5.69 Å². The van der Waals surface area contributed by atoms with E-state index in [4.69, 9.17) is 0 Å². The highest BCUT2D eigenvalue weighted by molar-refractivity contribution is 7.92. The zero-order valence-corrected chi connectivity index (χ0v) is 18.1. The van der Waals surface area contributed by atoms with Crippen molar-refractivity contribution in [3.05, 3.63) is 65.2 Å². The van der Waals surface area contributed by atoms with E-state index in [0.717, 1.165) is 37.1 Å². The molecule has 0 unspecified atom stereocenters. The Balaban J connectivity index is 1.71. The number of carbonyl (C=O) groups excluding carboxylic acids is 1. The number of likely N-dealkylation sites (tertiary alicyclic amines) is 1. The zero-order valence-electron chi connectivity index (χ0n) is 17.3. The van der Waals surface area contributed by atoms with E-state index in [1.165, 1.54) is 10.6 Å². The van der Waals surface area contributed by atoms with E-state index in [0.29, 0.717) is 11.3 Å². The Hall–Kier alpha value is -2.38. The molecule has 0 aromatic heterocycles. The highest BCUT2D eigenvalue weighted by Gasteiger charge is 2.21. The monoisotopic (exact) mass is 415 g/mol. The van der Waals surface area contributed by atoms with Crippen molar-refractivity contribution in [1.29, 1.82) is 0 Å². The molecule has 7 heteroatoms. The molecule has 0 spiro atoms. The van der Waals surface area contributed by atoms with Crippen molar-refractivity contribution in [1.82, 2.24) is 10.2 Å². The lowest BCUT2D eigenvalue weighted by atomic mass is 10.0. The molecule has 1 fully saturated rings. The fourth-order valence-electron chi connectivity index (χ4n) is 3.46. The number of rotatable bonds is 6. The Morgan fingerprint density at radius 1 is 1.07 bits per heavy atom. The van der Waals surface area contributed by atoms with Crippen molar-refractivity contribution >= 4 is 21.6 Å². The van der Waals surface area contributed by atoms with Crippen LogP contribution in [0.1, 0.15) is 34.3 Å². The van der Waals surface area contributed by atoms with Gasteiger partial charge in [0.25, 0.3) is 5.91 Å². The second kappa shape index (κ2) is 8.97. The molecule has 1 heterocycles.